The summed E-state index contributed by atoms with van der Waals surface area (Å²) in [5.41, 5.74) is 2.45. The predicted octanol–water partition coefficient (Wildman–Crippen LogP) is 1.70. The molecule has 0 atom stereocenters. The molecule has 1 saturated carbocycles. The first-order chi connectivity index (χ1) is 9.67. The Labute approximate surface area is 122 Å². The van der Waals surface area contributed by atoms with Gasteiger partial charge in [0.1, 0.15) is 5.82 Å². The molecule has 0 saturated heterocycles. The van der Waals surface area contributed by atoms with Crippen LogP contribution in [0.2, 0.25) is 0 Å². The summed E-state index contributed by atoms with van der Waals surface area (Å²) >= 11 is 0. The van der Waals surface area contributed by atoms with Crippen LogP contribution in [0.3, 0.4) is 0 Å². The number of aromatic nitrogens is 2. The molecule has 0 aromatic carbocycles. The lowest BCUT2D eigenvalue weighted by Gasteiger charge is -2.24. The average molecular weight is 280 g/mol. The first-order valence-electron chi connectivity index (χ1n) is 7.64. The minimum atomic E-state index is 0.744. The number of anilines is 1. The molecule has 20 heavy (non-hydrogen) atoms. The van der Waals surface area contributed by atoms with Crippen molar-refractivity contribution in [2.24, 2.45) is 13.0 Å². The molecule has 0 spiro atoms. The molecule has 2 rings (SSSR count). The van der Waals surface area contributed by atoms with E-state index in [1.807, 2.05) is 4.68 Å². The van der Waals surface area contributed by atoms with Crippen LogP contribution in [0, 0.1) is 12.8 Å². The number of ether oxygens (including phenoxy) is 1. The van der Waals surface area contributed by atoms with E-state index in [1.165, 1.54) is 30.8 Å². The molecule has 1 fully saturated rings. The summed E-state index contributed by atoms with van der Waals surface area (Å²) in [5, 5.41) is 8.05. The van der Waals surface area contributed by atoms with Crippen LogP contribution in [-0.4, -0.2) is 43.1 Å². The molecule has 0 aliphatic heterocycles. The number of nitrogens with one attached hydrogen (secondary N) is 1. The molecular weight excluding hydrogens is 252 g/mol. The van der Waals surface area contributed by atoms with Crippen LogP contribution < -0.4 is 10.2 Å². The van der Waals surface area contributed by atoms with E-state index < -0.39 is 0 Å². The van der Waals surface area contributed by atoms with Crippen molar-refractivity contribution in [3.63, 3.8) is 0 Å². The Hall–Kier alpha value is -1.07. The van der Waals surface area contributed by atoms with Gasteiger partial charge in [0.25, 0.3) is 0 Å². The first-order valence-corrected chi connectivity index (χ1v) is 7.64. The van der Waals surface area contributed by atoms with E-state index in [1.54, 1.807) is 7.11 Å². The Bertz CT molecular complexity index is 426. The summed E-state index contributed by atoms with van der Waals surface area (Å²) in [6.07, 6.45) is 2.77. The Morgan fingerprint density at radius 3 is 2.80 bits per heavy atom. The third-order valence-electron chi connectivity index (χ3n) is 3.95. The zero-order valence-electron chi connectivity index (χ0n) is 13.3. The highest BCUT2D eigenvalue weighted by Gasteiger charge is 2.26. The lowest BCUT2D eigenvalue weighted by molar-refractivity contribution is 0.199. The van der Waals surface area contributed by atoms with E-state index in [4.69, 9.17) is 4.74 Å². The van der Waals surface area contributed by atoms with Crippen molar-refractivity contribution >= 4 is 5.82 Å². The molecule has 5 nitrogen and oxygen atoms in total. The summed E-state index contributed by atoms with van der Waals surface area (Å²) in [6, 6.07) is 0. The van der Waals surface area contributed by atoms with Crippen LogP contribution in [0.15, 0.2) is 0 Å². The summed E-state index contributed by atoms with van der Waals surface area (Å²) in [6.45, 7) is 9.02. The molecule has 0 radical (unpaired) electrons. The lowest BCUT2D eigenvalue weighted by atomic mass is 10.2. The van der Waals surface area contributed by atoms with Gasteiger partial charge in [-0.1, -0.05) is 0 Å². The standard InChI is InChI=1S/C15H28N4O/c1-5-19(11-13-6-7-13)15-14(10-16-8-9-20-4)12(2)17-18(15)3/h13,16H,5-11H2,1-4H3. The van der Waals surface area contributed by atoms with Crippen molar-refractivity contribution in [2.45, 2.75) is 33.2 Å². The Morgan fingerprint density at radius 2 is 2.20 bits per heavy atom. The molecular formula is C15H28N4O. The fourth-order valence-corrected chi connectivity index (χ4v) is 2.66. The molecule has 0 amide bonds. The number of nitrogens with zero attached hydrogens (tertiary/aromatic N) is 3. The van der Waals surface area contributed by atoms with Gasteiger partial charge >= 0.3 is 0 Å². The van der Waals surface area contributed by atoms with Crippen molar-refractivity contribution in [1.82, 2.24) is 15.1 Å². The van der Waals surface area contributed by atoms with Gasteiger partial charge in [-0.25, -0.2) is 0 Å². The minimum Gasteiger partial charge on any atom is -0.383 e. The zero-order chi connectivity index (χ0) is 14.5. The van der Waals surface area contributed by atoms with Gasteiger partial charge in [0, 0.05) is 45.9 Å². The minimum absolute atomic E-state index is 0.744. The van der Waals surface area contributed by atoms with E-state index >= 15 is 0 Å². The van der Waals surface area contributed by atoms with Gasteiger partial charge in [0.2, 0.25) is 0 Å². The van der Waals surface area contributed by atoms with Crippen LogP contribution in [0.5, 0.6) is 0 Å². The Balaban J connectivity index is 2.08. The van der Waals surface area contributed by atoms with E-state index in [2.05, 4.69) is 36.2 Å². The monoisotopic (exact) mass is 280 g/mol. The van der Waals surface area contributed by atoms with Crippen molar-refractivity contribution in [2.75, 3.05) is 38.3 Å². The van der Waals surface area contributed by atoms with E-state index in [0.717, 1.165) is 37.9 Å². The molecule has 0 unspecified atom stereocenters. The highest BCUT2D eigenvalue weighted by atomic mass is 16.5. The van der Waals surface area contributed by atoms with Crippen molar-refractivity contribution in [3.05, 3.63) is 11.3 Å². The fraction of sp³-hybridized carbons (Fsp3) is 0.800. The van der Waals surface area contributed by atoms with Crippen LogP contribution in [0.4, 0.5) is 5.82 Å². The van der Waals surface area contributed by atoms with Gasteiger partial charge in [-0.15, -0.1) is 0 Å². The lowest BCUT2D eigenvalue weighted by Crippen LogP contribution is -2.29. The number of rotatable bonds is 9. The van der Waals surface area contributed by atoms with Gasteiger partial charge in [0.15, 0.2) is 0 Å². The summed E-state index contributed by atoms with van der Waals surface area (Å²) in [5.74, 6) is 2.17. The average Bonchev–Trinajstić information content (AvgIpc) is 3.19. The topological polar surface area (TPSA) is 42.3 Å². The molecule has 1 aliphatic carbocycles. The zero-order valence-corrected chi connectivity index (χ0v) is 13.3. The third-order valence-corrected chi connectivity index (χ3v) is 3.95. The number of methoxy groups -OCH3 is 1. The molecule has 114 valence electrons. The largest absolute Gasteiger partial charge is 0.383 e. The van der Waals surface area contributed by atoms with E-state index in [-0.39, 0.29) is 0 Å². The molecule has 5 heteroatoms. The number of hydrogen-bond donors (Lipinski definition) is 1. The van der Waals surface area contributed by atoms with Gasteiger partial charge < -0.3 is 15.0 Å². The predicted molar refractivity (Wildman–Crippen MR) is 82.1 cm³/mol. The van der Waals surface area contributed by atoms with Gasteiger partial charge in [-0.3, -0.25) is 4.68 Å². The molecule has 0 bridgehead atoms. The normalized spacial score (nSPS) is 14.8. The van der Waals surface area contributed by atoms with Gasteiger partial charge in [-0.05, 0) is 32.6 Å². The van der Waals surface area contributed by atoms with Crippen LogP contribution >= 0.6 is 0 Å². The van der Waals surface area contributed by atoms with Gasteiger partial charge in [-0.2, -0.15) is 5.10 Å². The smallest absolute Gasteiger partial charge is 0.131 e. The number of aryl methyl sites for hydroxylation is 2. The highest BCUT2D eigenvalue weighted by molar-refractivity contribution is 5.50. The van der Waals surface area contributed by atoms with Gasteiger partial charge in [0.05, 0.1) is 12.3 Å². The first kappa shape index (κ1) is 15.3. The Morgan fingerprint density at radius 1 is 1.45 bits per heavy atom. The maximum absolute atomic E-state index is 5.08. The van der Waals surface area contributed by atoms with E-state index in [0.29, 0.717) is 0 Å². The molecule has 1 N–H and O–H groups in total. The summed E-state index contributed by atoms with van der Waals surface area (Å²) in [4.78, 5) is 2.48. The van der Waals surface area contributed by atoms with E-state index in [9.17, 15) is 0 Å². The maximum atomic E-state index is 5.08. The second-order valence-corrected chi connectivity index (χ2v) is 5.66. The van der Waals surface area contributed by atoms with Crippen LogP contribution in [0.25, 0.3) is 0 Å². The van der Waals surface area contributed by atoms with Crippen molar-refractivity contribution in [1.29, 1.82) is 0 Å². The summed E-state index contributed by atoms with van der Waals surface area (Å²) < 4.78 is 7.12. The summed E-state index contributed by atoms with van der Waals surface area (Å²) in [7, 11) is 3.79. The molecule has 1 aliphatic rings. The Kier molecular flexibility index (Phi) is 5.43. The molecule has 1 aromatic heterocycles. The second-order valence-electron chi connectivity index (χ2n) is 5.66. The quantitative estimate of drug-likeness (QED) is 0.699. The second kappa shape index (κ2) is 7.09. The van der Waals surface area contributed by atoms with Crippen LogP contribution in [-0.2, 0) is 18.3 Å². The molecule has 1 heterocycles. The maximum Gasteiger partial charge on any atom is 0.131 e. The van der Waals surface area contributed by atoms with Crippen molar-refractivity contribution < 1.29 is 4.74 Å². The molecule has 1 aromatic rings. The SMILES string of the molecule is CCN(CC1CC1)c1c(CNCCOC)c(C)nn1C. The number of hydrogen-bond acceptors (Lipinski definition) is 4. The highest BCUT2D eigenvalue weighted by Crippen LogP contribution is 2.32. The van der Waals surface area contributed by atoms with Crippen molar-refractivity contribution in [3.8, 4) is 0 Å². The third kappa shape index (κ3) is 3.73. The fourth-order valence-electron chi connectivity index (χ4n) is 2.66. The van der Waals surface area contributed by atoms with Crippen LogP contribution in [0.1, 0.15) is 31.0 Å².